The highest BCUT2D eigenvalue weighted by molar-refractivity contribution is 7.34. The molecule has 0 saturated heterocycles. The van der Waals surface area contributed by atoms with Gasteiger partial charge < -0.3 is 9.97 Å². The maximum Gasteiger partial charge on any atom is 0.0661 e. The summed E-state index contributed by atoms with van der Waals surface area (Å²) in [4.78, 5) is 7.44. The van der Waals surface area contributed by atoms with Crippen LogP contribution in [-0.2, 0) is 0 Å². The maximum atomic E-state index is 3.72. The van der Waals surface area contributed by atoms with Crippen molar-refractivity contribution in [3.8, 4) is 0 Å². The Morgan fingerprint density at radius 1 is 0.433 bits per heavy atom. The van der Waals surface area contributed by atoms with Gasteiger partial charge in [0.05, 0.1) is 29.8 Å². The third kappa shape index (κ3) is 1.72. The Balaban J connectivity index is 1.72. The molecule has 0 aliphatic rings. The van der Waals surface area contributed by atoms with Crippen LogP contribution in [0.4, 0.5) is 0 Å². The number of benzene rings is 4. The number of aromatic nitrogens is 2. The molecule has 8 aromatic rings. The smallest absolute Gasteiger partial charge is 0.0661 e. The van der Waals surface area contributed by atoms with Gasteiger partial charge in [0.1, 0.15) is 0 Å². The fourth-order valence-corrected chi connectivity index (χ4v) is 7.84. The second-order valence-corrected chi connectivity index (χ2v) is 9.95. The molecule has 0 radical (unpaired) electrons. The first-order valence-corrected chi connectivity index (χ1v) is 11.7. The van der Waals surface area contributed by atoms with E-state index in [-0.39, 0.29) is 0 Å². The third-order valence-corrected chi connectivity index (χ3v) is 8.96. The highest BCUT2D eigenvalue weighted by Gasteiger charge is 2.21. The predicted octanol–water partition coefficient (Wildman–Crippen LogP) is 8.54. The summed E-state index contributed by atoms with van der Waals surface area (Å²) in [6, 6.07) is 26.2. The summed E-state index contributed by atoms with van der Waals surface area (Å²) in [5.41, 5.74) is 4.98. The summed E-state index contributed by atoms with van der Waals surface area (Å²) in [7, 11) is 0. The lowest BCUT2D eigenvalue weighted by atomic mass is 10.0. The summed E-state index contributed by atoms with van der Waals surface area (Å²) < 4.78 is 5.52. The van der Waals surface area contributed by atoms with Crippen LogP contribution in [-0.4, -0.2) is 9.97 Å². The van der Waals surface area contributed by atoms with Crippen molar-refractivity contribution in [1.82, 2.24) is 9.97 Å². The van der Waals surface area contributed by atoms with Gasteiger partial charge in [-0.25, -0.2) is 0 Å². The SMILES string of the molecule is c1ccc2c(c1)[nH]c1c2sc2c3sc4c5ccccc5[nH]c4c3c3ccccc3c12. The molecule has 0 fully saturated rings. The van der Waals surface area contributed by atoms with E-state index in [1.54, 1.807) is 0 Å². The monoisotopic (exact) mass is 418 g/mol. The highest BCUT2D eigenvalue weighted by atomic mass is 32.1. The Morgan fingerprint density at radius 2 is 0.833 bits per heavy atom. The lowest BCUT2D eigenvalue weighted by molar-refractivity contribution is 1.57. The van der Waals surface area contributed by atoms with Crippen molar-refractivity contribution >= 4 is 95.9 Å². The minimum Gasteiger partial charge on any atom is -0.353 e. The van der Waals surface area contributed by atoms with Gasteiger partial charge in [-0.3, -0.25) is 0 Å². The molecule has 0 bridgehead atoms. The number of H-pyrrole nitrogens is 2. The van der Waals surface area contributed by atoms with Crippen LogP contribution in [0.2, 0.25) is 0 Å². The Labute approximate surface area is 178 Å². The van der Waals surface area contributed by atoms with Crippen LogP contribution in [0.15, 0.2) is 72.8 Å². The molecule has 4 heteroatoms. The van der Waals surface area contributed by atoms with Gasteiger partial charge in [0.2, 0.25) is 0 Å². The van der Waals surface area contributed by atoms with Gasteiger partial charge in [-0.1, -0.05) is 60.7 Å². The molecule has 0 aliphatic heterocycles. The zero-order valence-corrected chi connectivity index (χ0v) is 17.4. The Hall–Kier alpha value is -3.34. The zero-order valence-electron chi connectivity index (χ0n) is 15.7. The maximum absolute atomic E-state index is 3.72. The molecule has 140 valence electrons. The quantitative estimate of drug-likeness (QED) is 0.247. The zero-order chi connectivity index (χ0) is 19.4. The summed E-state index contributed by atoms with van der Waals surface area (Å²) >= 11 is 3.86. The molecule has 2 nitrogen and oxygen atoms in total. The lowest BCUT2D eigenvalue weighted by Crippen LogP contribution is -1.78. The van der Waals surface area contributed by atoms with Gasteiger partial charge in [-0.05, 0) is 22.9 Å². The molecule has 0 spiro atoms. The standard InChI is InChI=1S/C26H14N2S2/c1-2-8-14-13(7-1)19-21-23(15-9-3-5-11-17(15)27-21)29-25(19)26-20(14)22-24(30-26)16-10-4-6-12-18(16)28-22/h1-12,27-28H. The number of nitrogens with one attached hydrogen (secondary N) is 2. The van der Waals surface area contributed by atoms with Crippen LogP contribution >= 0.6 is 22.7 Å². The van der Waals surface area contributed by atoms with Gasteiger partial charge in [-0.15, -0.1) is 22.7 Å². The molecule has 4 heterocycles. The van der Waals surface area contributed by atoms with E-state index < -0.39 is 0 Å². The molecule has 0 aliphatic carbocycles. The number of aromatic amines is 2. The minimum absolute atomic E-state index is 1.22. The topological polar surface area (TPSA) is 31.6 Å². The van der Waals surface area contributed by atoms with Gasteiger partial charge in [-0.2, -0.15) is 0 Å². The average molecular weight is 419 g/mol. The second kappa shape index (κ2) is 5.22. The first kappa shape index (κ1) is 15.5. The van der Waals surface area contributed by atoms with Crippen LogP contribution < -0.4 is 0 Å². The van der Waals surface area contributed by atoms with Crippen LogP contribution in [0.25, 0.3) is 73.2 Å². The summed E-state index contributed by atoms with van der Waals surface area (Å²) in [6.07, 6.45) is 0. The largest absolute Gasteiger partial charge is 0.353 e. The van der Waals surface area contributed by atoms with Crippen molar-refractivity contribution < 1.29 is 0 Å². The third-order valence-electron chi connectivity index (χ3n) is 6.35. The van der Waals surface area contributed by atoms with E-state index in [1.807, 2.05) is 22.7 Å². The fourth-order valence-electron chi connectivity index (χ4n) is 5.08. The molecule has 0 saturated carbocycles. The van der Waals surface area contributed by atoms with Crippen LogP contribution in [0, 0.1) is 0 Å². The second-order valence-electron chi connectivity index (χ2n) is 7.91. The summed E-state index contributed by atoms with van der Waals surface area (Å²) in [5, 5.41) is 8.02. The molecule has 2 N–H and O–H groups in total. The molecule has 4 aromatic heterocycles. The average Bonchev–Trinajstić information content (AvgIpc) is 3.50. The normalized spacial score (nSPS) is 12.7. The number of hydrogen-bond acceptors (Lipinski definition) is 2. The van der Waals surface area contributed by atoms with Crippen molar-refractivity contribution in [2.24, 2.45) is 0 Å². The van der Waals surface area contributed by atoms with Gasteiger partial charge >= 0.3 is 0 Å². The number of rotatable bonds is 0. The van der Waals surface area contributed by atoms with E-state index in [9.17, 15) is 0 Å². The molecule has 8 rings (SSSR count). The Kier molecular flexibility index (Phi) is 2.70. The van der Waals surface area contributed by atoms with E-state index in [0.717, 1.165) is 0 Å². The van der Waals surface area contributed by atoms with E-state index in [0.29, 0.717) is 0 Å². The number of para-hydroxylation sites is 2. The lowest BCUT2D eigenvalue weighted by Gasteiger charge is -2.04. The van der Waals surface area contributed by atoms with E-state index in [1.165, 1.54) is 73.2 Å². The molecule has 4 aromatic carbocycles. The van der Waals surface area contributed by atoms with Crippen molar-refractivity contribution in [3.05, 3.63) is 72.8 Å². The van der Waals surface area contributed by atoms with Crippen LogP contribution in [0.1, 0.15) is 0 Å². The first-order chi connectivity index (χ1) is 14.9. The molecule has 0 amide bonds. The number of hydrogen-bond donors (Lipinski definition) is 2. The van der Waals surface area contributed by atoms with Crippen molar-refractivity contribution in [3.63, 3.8) is 0 Å². The molecule has 0 unspecified atom stereocenters. The number of fused-ring (bicyclic) bond motifs is 14. The highest BCUT2D eigenvalue weighted by Crippen LogP contribution is 2.51. The molecular formula is C26H14N2S2. The van der Waals surface area contributed by atoms with Crippen LogP contribution in [0.5, 0.6) is 0 Å². The Morgan fingerprint density at radius 3 is 1.30 bits per heavy atom. The minimum atomic E-state index is 1.22. The fraction of sp³-hybridized carbons (Fsp3) is 0. The van der Waals surface area contributed by atoms with Gasteiger partial charge in [0.25, 0.3) is 0 Å². The Bertz CT molecular complexity index is 1820. The molecule has 0 atom stereocenters. The molecular weight excluding hydrogens is 404 g/mol. The van der Waals surface area contributed by atoms with Crippen molar-refractivity contribution in [1.29, 1.82) is 0 Å². The van der Waals surface area contributed by atoms with E-state index in [2.05, 4.69) is 82.8 Å². The predicted molar refractivity (Wildman–Crippen MR) is 133 cm³/mol. The summed E-state index contributed by atoms with van der Waals surface area (Å²) in [6.45, 7) is 0. The number of thiophene rings is 2. The van der Waals surface area contributed by atoms with Crippen molar-refractivity contribution in [2.45, 2.75) is 0 Å². The van der Waals surface area contributed by atoms with Gasteiger partial charge in [0, 0.05) is 32.6 Å². The first-order valence-electron chi connectivity index (χ1n) is 10.0. The molecule has 30 heavy (non-hydrogen) atoms. The van der Waals surface area contributed by atoms with E-state index in [4.69, 9.17) is 0 Å². The van der Waals surface area contributed by atoms with E-state index >= 15 is 0 Å². The van der Waals surface area contributed by atoms with Gasteiger partial charge in [0.15, 0.2) is 0 Å². The van der Waals surface area contributed by atoms with Crippen LogP contribution in [0.3, 0.4) is 0 Å². The van der Waals surface area contributed by atoms with Crippen molar-refractivity contribution in [2.75, 3.05) is 0 Å². The summed E-state index contributed by atoms with van der Waals surface area (Å²) in [5.74, 6) is 0.